The first-order valence-corrected chi connectivity index (χ1v) is 9.89. The second-order valence-electron chi connectivity index (χ2n) is 6.66. The van der Waals surface area contributed by atoms with Crippen LogP contribution in [0.5, 0.6) is 0 Å². The lowest BCUT2D eigenvalue weighted by Gasteiger charge is -2.11. The summed E-state index contributed by atoms with van der Waals surface area (Å²) in [6.07, 6.45) is 1.61. The molecule has 0 spiro atoms. The molecule has 1 fully saturated rings. The van der Waals surface area contributed by atoms with Crippen molar-refractivity contribution in [1.82, 2.24) is 10.6 Å². The minimum absolute atomic E-state index is 0.106. The number of ketones is 1. The minimum Gasteiger partial charge on any atom is -0.351 e. The molecule has 0 radical (unpaired) electrons. The van der Waals surface area contributed by atoms with Crippen LogP contribution >= 0.6 is 0 Å². The fourth-order valence-electron chi connectivity index (χ4n) is 2.70. The lowest BCUT2D eigenvalue weighted by molar-refractivity contribution is -0.137. The van der Waals surface area contributed by atoms with Gasteiger partial charge in [-0.3, -0.25) is 14.4 Å². The number of hydrogen-bond donors (Lipinski definition) is 2. The van der Waals surface area contributed by atoms with E-state index in [1.54, 1.807) is 12.1 Å². The van der Waals surface area contributed by atoms with E-state index in [1.165, 1.54) is 12.1 Å². The molecular weight excluding hydrogens is 344 g/mol. The van der Waals surface area contributed by atoms with Gasteiger partial charge in [-0.25, -0.2) is 8.42 Å². The van der Waals surface area contributed by atoms with Gasteiger partial charge < -0.3 is 10.6 Å². The number of benzene rings is 1. The zero-order valence-corrected chi connectivity index (χ0v) is 15.2. The van der Waals surface area contributed by atoms with Crippen molar-refractivity contribution in [2.24, 2.45) is 11.8 Å². The van der Waals surface area contributed by atoms with Crippen LogP contribution in [0.1, 0.15) is 25.8 Å². The van der Waals surface area contributed by atoms with E-state index < -0.39 is 39.4 Å². The Balaban J connectivity index is 1.98. The summed E-state index contributed by atoms with van der Waals surface area (Å²) in [5, 5.41) is 5.14. The van der Waals surface area contributed by atoms with Crippen LogP contribution in [0.25, 0.3) is 0 Å². The Hall–Kier alpha value is -2.22. The maximum atomic E-state index is 12.2. The topological polar surface area (TPSA) is 109 Å². The molecule has 2 atom stereocenters. The standard InChI is InChI=1S/C17H22N2O5S/c1-10(2)8-13-15(20)14(17(22)19-13)16(21)18-9-11-4-6-12(7-5-11)25(3,23)24/h4-7,10,13-14H,8-9H2,1-3H3,(H,18,21)(H,19,22). The fraction of sp³-hybridized carbons (Fsp3) is 0.471. The molecule has 1 aromatic rings. The van der Waals surface area contributed by atoms with Crippen LogP contribution in [0.2, 0.25) is 0 Å². The van der Waals surface area contributed by atoms with E-state index in [0.717, 1.165) is 6.26 Å². The van der Waals surface area contributed by atoms with E-state index in [2.05, 4.69) is 10.6 Å². The Morgan fingerprint density at radius 3 is 2.32 bits per heavy atom. The van der Waals surface area contributed by atoms with E-state index >= 15 is 0 Å². The van der Waals surface area contributed by atoms with Gasteiger partial charge in [0.25, 0.3) is 0 Å². The first-order valence-electron chi connectivity index (χ1n) is 8.00. The van der Waals surface area contributed by atoms with Gasteiger partial charge in [0, 0.05) is 12.8 Å². The number of Topliss-reactive ketones (excluding diaryl/α,β-unsaturated/α-hetero) is 1. The normalized spacial score (nSPS) is 20.6. The molecule has 2 unspecified atom stereocenters. The second kappa shape index (κ2) is 7.35. The van der Waals surface area contributed by atoms with E-state index in [-0.39, 0.29) is 17.4 Å². The molecule has 0 aromatic heterocycles. The predicted octanol–water partition coefficient (Wildman–Crippen LogP) is 0.436. The molecule has 2 amide bonds. The van der Waals surface area contributed by atoms with E-state index in [9.17, 15) is 22.8 Å². The molecule has 1 aromatic carbocycles. The maximum Gasteiger partial charge on any atom is 0.240 e. The lowest BCUT2D eigenvalue weighted by atomic mass is 9.96. The number of rotatable bonds is 6. The van der Waals surface area contributed by atoms with Crippen LogP contribution in [-0.4, -0.2) is 38.3 Å². The summed E-state index contributed by atoms with van der Waals surface area (Å²) in [7, 11) is -3.28. The van der Waals surface area contributed by atoms with Gasteiger partial charge in [-0.2, -0.15) is 0 Å². The van der Waals surface area contributed by atoms with Gasteiger partial charge in [0.15, 0.2) is 21.5 Å². The highest BCUT2D eigenvalue weighted by atomic mass is 32.2. The van der Waals surface area contributed by atoms with Crippen molar-refractivity contribution < 1.29 is 22.8 Å². The van der Waals surface area contributed by atoms with Crippen LogP contribution in [0.4, 0.5) is 0 Å². The van der Waals surface area contributed by atoms with Gasteiger partial charge in [0.05, 0.1) is 10.9 Å². The lowest BCUT2D eigenvalue weighted by Crippen LogP contribution is -2.37. The first-order chi connectivity index (χ1) is 11.6. The summed E-state index contributed by atoms with van der Waals surface area (Å²) in [5.41, 5.74) is 0.672. The number of carbonyl (C=O) groups excluding carboxylic acids is 3. The minimum atomic E-state index is -3.28. The zero-order valence-electron chi connectivity index (χ0n) is 14.4. The van der Waals surface area contributed by atoms with Gasteiger partial charge in [-0.1, -0.05) is 26.0 Å². The SMILES string of the molecule is CC(C)CC1NC(=O)C(C(=O)NCc2ccc(S(C)(=O)=O)cc2)C1=O. The second-order valence-corrected chi connectivity index (χ2v) is 8.68. The highest BCUT2D eigenvalue weighted by Crippen LogP contribution is 2.18. The molecule has 0 aliphatic carbocycles. The Morgan fingerprint density at radius 1 is 1.20 bits per heavy atom. The van der Waals surface area contributed by atoms with Gasteiger partial charge in [0.2, 0.25) is 11.8 Å². The van der Waals surface area contributed by atoms with E-state index in [4.69, 9.17) is 0 Å². The molecule has 7 nitrogen and oxygen atoms in total. The van der Waals surface area contributed by atoms with Crippen molar-refractivity contribution >= 4 is 27.4 Å². The molecule has 1 saturated heterocycles. The van der Waals surface area contributed by atoms with Gasteiger partial charge in [-0.05, 0) is 30.0 Å². The summed E-state index contributed by atoms with van der Waals surface area (Å²) in [5.74, 6) is -2.70. The molecule has 1 heterocycles. The molecule has 25 heavy (non-hydrogen) atoms. The molecule has 2 N–H and O–H groups in total. The molecule has 0 saturated carbocycles. The van der Waals surface area contributed by atoms with Crippen LogP contribution in [0.3, 0.4) is 0 Å². The third-order valence-electron chi connectivity index (χ3n) is 3.99. The number of hydrogen-bond acceptors (Lipinski definition) is 5. The number of sulfone groups is 1. The van der Waals surface area contributed by atoms with Gasteiger partial charge in [-0.15, -0.1) is 0 Å². The summed E-state index contributed by atoms with van der Waals surface area (Å²) < 4.78 is 22.8. The monoisotopic (exact) mass is 366 g/mol. The van der Waals surface area contributed by atoms with Crippen LogP contribution in [0, 0.1) is 11.8 Å². The van der Waals surface area contributed by atoms with Crippen molar-refractivity contribution in [3.63, 3.8) is 0 Å². The van der Waals surface area contributed by atoms with Gasteiger partial charge in [0.1, 0.15) is 0 Å². The van der Waals surface area contributed by atoms with Crippen molar-refractivity contribution in [2.75, 3.05) is 6.26 Å². The highest BCUT2D eigenvalue weighted by molar-refractivity contribution is 7.90. The summed E-state index contributed by atoms with van der Waals surface area (Å²) in [6, 6.07) is 5.44. The summed E-state index contributed by atoms with van der Waals surface area (Å²) in [6.45, 7) is 3.98. The largest absolute Gasteiger partial charge is 0.351 e. The Kier molecular flexibility index (Phi) is 5.62. The van der Waals surface area contributed by atoms with E-state index in [1.807, 2.05) is 13.8 Å². The third-order valence-corrected chi connectivity index (χ3v) is 5.12. The molecule has 2 rings (SSSR count). The summed E-state index contributed by atoms with van der Waals surface area (Å²) >= 11 is 0. The molecule has 8 heteroatoms. The first kappa shape index (κ1) is 19.1. The third kappa shape index (κ3) is 4.66. The van der Waals surface area contributed by atoms with Crippen molar-refractivity contribution in [3.8, 4) is 0 Å². The van der Waals surface area contributed by atoms with E-state index in [0.29, 0.717) is 12.0 Å². The van der Waals surface area contributed by atoms with Crippen LogP contribution in [0.15, 0.2) is 29.2 Å². The zero-order chi connectivity index (χ0) is 18.8. The van der Waals surface area contributed by atoms with Crippen LogP contribution in [-0.2, 0) is 30.8 Å². The van der Waals surface area contributed by atoms with Crippen molar-refractivity contribution in [2.45, 2.75) is 37.8 Å². The molecule has 1 aliphatic rings. The highest BCUT2D eigenvalue weighted by Gasteiger charge is 2.45. The quantitative estimate of drug-likeness (QED) is 0.710. The Labute approximate surface area is 147 Å². The number of carbonyl (C=O) groups is 3. The number of amides is 2. The van der Waals surface area contributed by atoms with Crippen LogP contribution < -0.4 is 10.6 Å². The molecule has 136 valence electrons. The molecular formula is C17H22N2O5S. The molecule has 1 aliphatic heterocycles. The van der Waals surface area contributed by atoms with Crippen molar-refractivity contribution in [1.29, 1.82) is 0 Å². The Morgan fingerprint density at radius 2 is 1.80 bits per heavy atom. The summed E-state index contributed by atoms with van der Waals surface area (Å²) in [4.78, 5) is 36.6. The Bertz CT molecular complexity index is 784. The average Bonchev–Trinajstić information content (AvgIpc) is 2.78. The van der Waals surface area contributed by atoms with Crippen molar-refractivity contribution in [3.05, 3.63) is 29.8 Å². The fourth-order valence-corrected chi connectivity index (χ4v) is 3.33. The molecule has 0 bridgehead atoms. The average molecular weight is 366 g/mol. The number of nitrogens with one attached hydrogen (secondary N) is 2. The predicted molar refractivity (Wildman–Crippen MR) is 91.3 cm³/mol. The van der Waals surface area contributed by atoms with Gasteiger partial charge >= 0.3 is 0 Å². The maximum absolute atomic E-state index is 12.2. The smallest absolute Gasteiger partial charge is 0.240 e.